The molecule has 0 aromatic heterocycles. The number of nitrogens with zero attached hydrogens (tertiary/aromatic N) is 2. The minimum absolute atomic E-state index is 0.102. The van der Waals surface area contributed by atoms with Crippen molar-refractivity contribution in [3.05, 3.63) is 65.2 Å². The van der Waals surface area contributed by atoms with E-state index in [1.54, 1.807) is 7.11 Å². The lowest BCUT2D eigenvalue weighted by Gasteiger charge is -2.35. The average Bonchev–Trinajstić information content (AvgIpc) is 2.82. The monoisotopic (exact) mass is 408 g/mol. The summed E-state index contributed by atoms with van der Waals surface area (Å²) in [5.41, 5.74) is 3.62. The Bertz CT molecular complexity index is 848. The summed E-state index contributed by atoms with van der Waals surface area (Å²) in [5, 5.41) is 0. The first-order valence-corrected chi connectivity index (χ1v) is 11.1. The quantitative estimate of drug-likeness (QED) is 0.700. The third-order valence-corrected chi connectivity index (χ3v) is 6.29. The zero-order valence-electron chi connectivity index (χ0n) is 17.9. The van der Waals surface area contributed by atoms with Crippen LogP contribution in [0.2, 0.25) is 0 Å². The van der Waals surface area contributed by atoms with Gasteiger partial charge in [0, 0.05) is 51.0 Å². The van der Waals surface area contributed by atoms with Crippen LogP contribution in [0.4, 0.5) is 0 Å². The minimum Gasteiger partial charge on any atom is -0.497 e. The third-order valence-electron chi connectivity index (χ3n) is 6.29. The number of hydrogen-bond donors (Lipinski definition) is 0. The zero-order valence-corrected chi connectivity index (χ0v) is 17.9. The van der Waals surface area contributed by atoms with Crippen LogP contribution in [-0.2, 0) is 17.7 Å². The summed E-state index contributed by atoms with van der Waals surface area (Å²) < 4.78 is 10.9. The van der Waals surface area contributed by atoms with Gasteiger partial charge in [0.05, 0.1) is 7.11 Å². The lowest BCUT2D eigenvalue weighted by atomic mass is 10.00. The second-order valence-electron chi connectivity index (χ2n) is 8.22. The molecule has 2 heterocycles. The van der Waals surface area contributed by atoms with Gasteiger partial charge in [-0.2, -0.15) is 0 Å². The molecule has 2 aliphatic rings. The van der Waals surface area contributed by atoms with E-state index >= 15 is 0 Å². The number of benzene rings is 2. The topological polar surface area (TPSA) is 42.0 Å². The smallest absolute Gasteiger partial charge is 0.254 e. The summed E-state index contributed by atoms with van der Waals surface area (Å²) in [7, 11) is 1.64. The van der Waals surface area contributed by atoms with Crippen molar-refractivity contribution in [2.45, 2.75) is 38.3 Å². The Hall–Kier alpha value is -2.37. The highest BCUT2D eigenvalue weighted by atomic mass is 16.5. The molecule has 0 saturated carbocycles. The molecule has 0 spiro atoms. The van der Waals surface area contributed by atoms with Gasteiger partial charge in [-0.1, -0.05) is 30.3 Å². The predicted molar refractivity (Wildman–Crippen MR) is 118 cm³/mol. The van der Waals surface area contributed by atoms with Gasteiger partial charge in [-0.3, -0.25) is 9.69 Å². The van der Waals surface area contributed by atoms with Crippen molar-refractivity contribution in [2.24, 2.45) is 0 Å². The highest BCUT2D eigenvalue weighted by molar-refractivity contribution is 5.94. The third kappa shape index (κ3) is 5.02. The van der Waals surface area contributed by atoms with Crippen molar-refractivity contribution in [2.75, 3.05) is 40.0 Å². The maximum atomic E-state index is 13.4. The van der Waals surface area contributed by atoms with E-state index in [0.717, 1.165) is 70.8 Å². The van der Waals surface area contributed by atoms with Crippen molar-refractivity contribution in [3.8, 4) is 5.75 Å². The number of carbonyl (C=O) groups excluding carboxylic acids is 1. The molecule has 30 heavy (non-hydrogen) atoms. The molecule has 4 rings (SSSR count). The van der Waals surface area contributed by atoms with Gasteiger partial charge in [0.2, 0.25) is 0 Å². The molecule has 0 unspecified atom stereocenters. The Labute approximate surface area is 179 Å². The summed E-state index contributed by atoms with van der Waals surface area (Å²) in [6.07, 6.45) is 3.91. The summed E-state index contributed by atoms with van der Waals surface area (Å²) in [5.74, 6) is 0.824. The van der Waals surface area contributed by atoms with Crippen LogP contribution in [0.5, 0.6) is 5.75 Å². The van der Waals surface area contributed by atoms with Gasteiger partial charge in [-0.05, 0) is 55.0 Å². The molecule has 2 aromatic carbocycles. The summed E-state index contributed by atoms with van der Waals surface area (Å²) in [4.78, 5) is 18.0. The summed E-state index contributed by atoms with van der Waals surface area (Å²) in [6.45, 7) is 5.36. The second kappa shape index (κ2) is 10.1. The Morgan fingerprint density at radius 2 is 1.93 bits per heavy atom. The van der Waals surface area contributed by atoms with E-state index in [1.807, 2.05) is 24.3 Å². The second-order valence-corrected chi connectivity index (χ2v) is 8.22. The van der Waals surface area contributed by atoms with Crippen molar-refractivity contribution in [3.63, 3.8) is 0 Å². The molecule has 160 valence electrons. The fourth-order valence-electron chi connectivity index (χ4n) is 4.58. The fraction of sp³-hybridized carbons (Fsp3) is 0.480. The normalized spacial score (nSPS) is 17.4. The molecule has 1 amide bonds. The van der Waals surface area contributed by atoms with Crippen LogP contribution in [0.15, 0.2) is 48.5 Å². The fourth-order valence-corrected chi connectivity index (χ4v) is 4.58. The number of methoxy groups -OCH3 is 1. The molecule has 2 aliphatic heterocycles. The number of rotatable bonds is 7. The number of ether oxygens (including phenoxy) is 2. The van der Waals surface area contributed by atoms with Crippen LogP contribution in [0.3, 0.4) is 0 Å². The highest BCUT2D eigenvalue weighted by Gasteiger charge is 2.27. The predicted octanol–water partition coefficient (Wildman–Crippen LogP) is 3.76. The molecule has 0 radical (unpaired) electrons. The van der Waals surface area contributed by atoms with Crippen LogP contribution in [-0.4, -0.2) is 61.7 Å². The summed E-state index contributed by atoms with van der Waals surface area (Å²) >= 11 is 0. The molecule has 0 atom stereocenters. The van der Waals surface area contributed by atoms with Gasteiger partial charge in [0.25, 0.3) is 5.91 Å². The van der Waals surface area contributed by atoms with Crippen LogP contribution in [0, 0.1) is 0 Å². The standard InChI is InChI=1S/C25H32N2O3/c1-29-24-9-4-8-21(18-24)25(28)27(23-11-16-30-17-12-23)14-5-13-26-15-10-20-6-2-3-7-22(20)19-26/h2-4,6-9,18,23H,5,10-17,19H2,1H3. The molecule has 0 bridgehead atoms. The van der Waals surface area contributed by atoms with Crippen LogP contribution in [0.1, 0.15) is 40.7 Å². The van der Waals surface area contributed by atoms with E-state index in [1.165, 1.54) is 11.1 Å². The van der Waals surface area contributed by atoms with Crippen molar-refractivity contribution >= 4 is 5.91 Å². The van der Waals surface area contributed by atoms with E-state index < -0.39 is 0 Å². The first kappa shape index (κ1) is 20.9. The zero-order chi connectivity index (χ0) is 20.8. The van der Waals surface area contributed by atoms with Gasteiger partial charge >= 0.3 is 0 Å². The number of hydrogen-bond acceptors (Lipinski definition) is 4. The maximum absolute atomic E-state index is 13.4. The molecule has 0 aliphatic carbocycles. The van der Waals surface area contributed by atoms with Crippen molar-refractivity contribution < 1.29 is 14.3 Å². The summed E-state index contributed by atoms with van der Waals surface area (Å²) in [6, 6.07) is 16.5. The number of carbonyl (C=O) groups is 1. The molecule has 0 N–H and O–H groups in total. The number of fused-ring (bicyclic) bond motifs is 1. The van der Waals surface area contributed by atoms with Crippen LogP contribution < -0.4 is 4.74 Å². The Kier molecular flexibility index (Phi) is 7.03. The molecule has 1 fully saturated rings. The Morgan fingerprint density at radius 3 is 2.73 bits per heavy atom. The SMILES string of the molecule is COc1cccc(C(=O)N(CCCN2CCc3ccccc3C2)C2CCOCC2)c1. The molecule has 2 aromatic rings. The van der Waals surface area contributed by atoms with E-state index in [0.29, 0.717) is 5.56 Å². The van der Waals surface area contributed by atoms with E-state index in [9.17, 15) is 4.79 Å². The lowest BCUT2D eigenvalue weighted by Crippen LogP contribution is -2.45. The van der Waals surface area contributed by atoms with Gasteiger partial charge in [0.15, 0.2) is 0 Å². The van der Waals surface area contributed by atoms with E-state index in [-0.39, 0.29) is 11.9 Å². The van der Waals surface area contributed by atoms with Gasteiger partial charge in [-0.15, -0.1) is 0 Å². The molecule has 5 heteroatoms. The van der Waals surface area contributed by atoms with Crippen LogP contribution >= 0.6 is 0 Å². The first-order valence-electron chi connectivity index (χ1n) is 11.1. The van der Waals surface area contributed by atoms with E-state index in [2.05, 4.69) is 34.1 Å². The van der Waals surface area contributed by atoms with Crippen molar-refractivity contribution in [1.82, 2.24) is 9.80 Å². The largest absolute Gasteiger partial charge is 0.497 e. The molecule has 1 saturated heterocycles. The Balaban J connectivity index is 1.39. The molecule has 5 nitrogen and oxygen atoms in total. The van der Waals surface area contributed by atoms with Crippen LogP contribution in [0.25, 0.3) is 0 Å². The molecular weight excluding hydrogens is 376 g/mol. The average molecular weight is 409 g/mol. The number of amides is 1. The van der Waals surface area contributed by atoms with Gasteiger partial charge in [0.1, 0.15) is 5.75 Å². The lowest BCUT2D eigenvalue weighted by molar-refractivity contribution is 0.0279. The van der Waals surface area contributed by atoms with Gasteiger partial charge < -0.3 is 14.4 Å². The highest BCUT2D eigenvalue weighted by Crippen LogP contribution is 2.22. The van der Waals surface area contributed by atoms with Gasteiger partial charge in [-0.25, -0.2) is 0 Å². The minimum atomic E-state index is 0.102. The first-order chi connectivity index (χ1) is 14.7. The Morgan fingerprint density at radius 1 is 1.13 bits per heavy atom. The maximum Gasteiger partial charge on any atom is 0.254 e. The molecular formula is C25H32N2O3. The van der Waals surface area contributed by atoms with E-state index in [4.69, 9.17) is 9.47 Å². The van der Waals surface area contributed by atoms with Crippen molar-refractivity contribution in [1.29, 1.82) is 0 Å².